The lowest BCUT2D eigenvalue weighted by Crippen LogP contribution is -2.38. The lowest BCUT2D eigenvalue weighted by Gasteiger charge is -2.10. The Bertz CT molecular complexity index is 514. The van der Waals surface area contributed by atoms with E-state index in [-0.39, 0.29) is 24.0 Å². The fraction of sp³-hybridized carbons (Fsp3) is 0.333. The summed E-state index contributed by atoms with van der Waals surface area (Å²) in [6, 6.07) is 10.1. The second-order valence-electron chi connectivity index (χ2n) is 4.27. The molecule has 0 saturated heterocycles. The molecule has 0 unspecified atom stereocenters. The van der Waals surface area contributed by atoms with Crippen LogP contribution in [0, 0.1) is 0 Å². The van der Waals surface area contributed by atoms with Crippen LogP contribution < -0.4 is 10.6 Å². The van der Waals surface area contributed by atoms with E-state index in [2.05, 4.69) is 45.0 Å². The molecular weight excluding hydrogens is 395 g/mol. The molecular formula is C15H21IN4S. The van der Waals surface area contributed by atoms with E-state index in [1.54, 1.807) is 17.5 Å². The zero-order chi connectivity index (χ0) is 14.0. The average Bonchev–Trinajstić information content (AvgIpc) is 2.99. The summed E-state index contributed by atoms with van der Waals surface area (Å²) < 4.78 is 0. The summed E-state index contributed by atoms with van der Waals surface area (Å²) in [5.74, 6) is 0.842. The van der Waals surface area contributed by atoms with E-state index in [0.29, 0.717) is 6.54 Å². The van der Waals surface area contributed by atoms with E-state index >= 15 is 0 Å². The SMILES string of the molecule is CCNC(=NCc1ccccn1)NCCc1cccs1.I. The number of hydrogen-bond acceptors (Lipinski definition) is 3. The van der Waals surface area contributed by atoms with Crippen molar-refractivity contribution in [3.8, 4) is 0 Å². The fourth-order valence-corrected chi connectivity index (χ4v) is 2.46. The van der Waals surface area contributed by atoms with E-state index in [9.17, 15) is 0 Å². The first-order valence-electron chi connectivity index (χ1n) is 6.83. The molecule has 2 aromatic rings. The maximum Gasteiger partial charge on any atom is 0.191 e. The summed E-state index contributed by atoms with van der Waals surface area (Å²) in [6.45, 7) is 4.40. The maximum atomic E-state index is 4.54. The number of halogens is 1. The van der Waals surface area contributed by atoms with Gasteiger partial charge in [0.2, 0.25) is 0 Å². The molecule has 2 N–H and O–H groups in total. The first kappa shape index (κ1) is 17.9. The summed E-state index contributed by atoms with van der Waals surface area (Å²) >= 11 is 1.79. The van der Waals surface area contributed by atoms with Gasteiger partial charge in [0.15, 0.2) is 5.96 Å². The van der Waals surface area contributed by atoms with Crippen molar-refractivity contribution >= 4 is 41.3 Å². The number of nitrogens with one attached hydrogen (secondary N) is 2. The highest BCUT2D eigenvalue weighted by Crippen LogP contribution is 2.07. The Morgan fingerprint density at radius 1 is 1.24 bits per heavy atom. The Kier molecular flexibility index (Phi) is 9.00. The molecule has 0 fully saturated rings. The predicted molar refractivity (Wildman–Crippen MR) is 100 cm³/mol. The van der Waals surface area contributed by atoms with Crippen molar-refractivity contribution in [2.75, 3.05) is 13.1 Å². The Hall–Kier alpha value is -1.15. The summed E-state index contributed by atoms with van der Waals surface area (Å²) in [7, 11) is 0. The highest BCUT2D eigenvalue weighted by molar-refractivity contribution is 14.0. The van der Waals surface area contributed by atoms with Gasteiger partial charge >= 0.3 is 0 Å². The van der Waals surface area contributed by atoms with Crippen molar-refractivity contribution in [3.63, 3.8) is 0 Å². The van der Waals surface area contributed by atoms with Gasteiger partial charge in [-0.25, -0.2) is 4.99 Å². The van der Waals surface area contributed by atoms with Gasteiger partial charge < -0.3 is 10.6 Å². The van der Waals surface area contributed by atoms with E-state index in [1.165, 1.54) is 4.88 Å². The molecule has 0 aliphatic heterocycles. The van der Waals surface area contributed by atoms with Crippen molar-refractivity contribution in [2.45, 2.75) is 19.9 Å². The van der Waals surface area contributed by atoms with E-state index in [0.717, 1.165) is 31.2 Å². The Labute approximate surface area is 147 Å². The molecule has 2 rings (SSSR count). The maximum absolute atomic E-state index is 4.54. The third kappa shape index (κ3) is 6.90. The predicted octanol–water partition coefficient (Wildman–Crippen LogP) is 3.06. The Morgan fingerprint density at radius 3 is 2.81 bits per heavy atom. The molecule has 0 aromatic carbocycles. The highest BCUT2D eigenvalue weighted by atomic mass is 127. The van der Waals surface area contributed by atoms with Gasteiger partial charge in [0, 0.05) is 24.2 Å². The molecule has 0 atom stereocenters. The van der Waals surface area contributed by atoms with Gasteiger partial charge in [-0.15, -0.1) is 35.3 Å². The topological polar surface area (TPSA) is 49.3 Å². The van der Waals surface area contributed by atoms with Crippen molar-refractivity contribution in [1.82, 2.24) is 15.6 Å². The molecule has 0 saturated carbocycles. The van der Waals surface area contributed by atoms with Gasteiger partial charge in [-0.3, -0.25) is 4.98 Å². The van der Waals surface area contributed by atoms with Crippen LogP contribution in [-0.2, 0) is 13.0 Å². The minimum atomic E-state index is 0. The van der Waals surface area contributed by atoms with Crippen LogP contribution in [0.1, 0.15) is 17.5 Å². The number of thiophene rings is 1. The fourth-order valence-electron chi connectivity index (χ4n) is 1.75. The second kappa shape index (κ2) is 10.6. The van der Waals surface area contributed by atoms with Gasteiger partial charge in [-0.2, -0.15) is 0 Å². The third-order valence-electron chi connectivity index (χ3n) is 2.71. The molecule has 0 amide bonds. The standard InChI is InChI=1S/C15H20N4S.HI/c1-2-16-15(18-10-8-14-7-5-11-20-14)19-12-13-6-3-4-9-17-13;/h3-7,9,11H,2,8,10,12H2,1H3,(H2,16,18,19);1H. The van der Waals surface area contributed by atoms with Crippen LogP contribution in [0.2, 0.25) is 0 Å². The number of nitrogens with zero attached hydrogens (tertiary/aromatic N) is 2. The van der Waals surface area contributed by atoms with Crippen LogP contribution in [0.3, 0.4) is 0 Å². The summed E-state index contributed by atoms with van der Waals surface area (Å²) in [5, 5.41) is 8.70. The molecule has 4 nitrogen and oxygen atoms in total. The van der Waals surface area contributed by atoms with Crippen LogP contribution in [0.15, 0.2) is 46.9 Å². The quantitative estimate of drug-likeness (QED) is 0.433. The van der Waals surface area contributed by atoms with E-state index < -0.39 is 0 Å². The average molecular weight is 416 g/mol. The molecule has 6 heteroatoms. The molecule has 0 radical (unpaired) electrons. The lowest BCUT2D eigenvalue weighted by atomic mass is 10.3. The Balaban J connectivity index is 0.00000220. The monoisotopic (exact) mass is 416 g/mol. The normalized spacial score (nSPS) is 10.8. The minimum Gasteiger partial charge on any atom is -0.357 e. The second-order valence-corrected chi connectivity index (χ2v) is 5.30. The molecule has 21 heavy (non-hydrogen) atoms. The van der Waals surface area contributed by atoms with E-state index in [4.69, 9.17) is 0 Å². The molecule has 0 bridgehead atoms. The summed E-state index contributed by atoms with van der Waals surface area (Å²) in [4.78, 5) is 10.2. The van der Waals surface area contributed by atoms with Crippen molar-refractivity contribution in [1.29, 1.82) is 0 Å². The van der Waals surface area contributed by atoms with Gasteiger partial charge in [0.25, 0.3) is 0 Å². The molecule has 0 aliphatic carbocycles. The molecule has 114 valence electrons. The van der Waals surface area contributed by atoms with Crippen molar-refractivity contribution in [3.05, 3.63) is 52.5 Å². The Morgan fingerprint density at radius 2 is 2.14 bits per heavy atom. The summed E-state index contributed by atoms with van der Waals surface area (Å²) in [6.07, 6.45) is 2.81. The van der Waals surface area contributed by atoms with Crippen LogP contribution >= 0.6 is 35.3 Å². The van der Waals surface area contributed by atoms with Crippen LogP contribution in [0.5, 0.6) is 0 Å². The third-order valence-corrected chi connectivity index (χ3v) is 3.65. The summed E-state index contributed by atoms with van der Waals surface area (Å²) in [5.41, 5.74) is 0.975. The van der Waals surface area contributed by atoms with Crippen molar-refractivity contribution < 1.29 is 0 Å². The largest absolute Gasteiger partial charge is 0.357 e. The minimum absolute atomic E-state index is 0. The molecule has 0 aliphatic rings. The number of aliphatic imine (C=N–C) groups is 1. The van der Waals surface area contributed by atoms with Gasteiger partial charge in [-0.05, 0) is 36.9 Å². The zero-order valence-electron chi connectivity index (χ0n) is 12.1. The van der Waals surface area contributed by atoms with Crippen LogP contribution in [0.4, 0.5) is 0 Å². The van der Waals surface area contributed by atoms with Gasteiger partial charge in [0.1, 0.15) is 0 Å². The molecule has 2 heterocycles. The first-order valence-corrected chi connectivity index (χ1v) is 7.71. The van der Waals surface area contributed by atoms with Gasteiger partial charge in [-0.1, -0.05) is 12.1 Å². The first-order chi connectivity index (χ1) is 9.88. The smallest absolute Gasteiger partial charge is 0.191 e. The zero-order valence-corrected chi connectivity index (χ0v) is 15.2. The van der Waals surface area contributed by atoms with Crippen molar-refractivity contribution in [2.24, 2.45) is 4.99 Å². The molecule has 2 aromatic heterocycles. The number of aromatic nitrogens is 1. The molecule has 0 spiro atoms. The van der Waals surface area contributed by atoms with E-state index in [1.807, 2.05) is 18.2 Å². The van der Waals surface area contributed by atoms with Gasteiger partial charge in [0.05, 0.1) is 12.2 Å². The number of pyridine rings is 1. The number of hydrogen-bond donors (Lipinski definition) is 2. The highest BCUT2D eigenvalue weighted by Gasteiger charge is 1.99. The van der Waals surface area contributed by atoms with Crippen LogP contribution in [0.25, 0.3) is 0 Å². The lowest BCUT2D eigenvalue weighted by molar-refractivity contribution is 0.801. The number of rotatable bonds is 6. The van der Waals surface area contributed by atoms with Crippen LogP contribution in [-0.4, -0.2) is 24.0 Å². The number of guanidine groups is 1.